The van der Waals surface area contributed by atoms with E-state index >= 15 is 0 Å². The van der Waals surface area contributed by atoms with Crippen molar-refractivity contribution in [3.8, 4) is 5.75 Å². The molecule has 70 valence electrons. The highest BCUT2D eigenvalue weighted by atomic mass is 79.9. The van der Waals surface area contributed by atoms with Gasteiger partial charge in [-0.15, -0.1) is 0 Å². The van der Waals surface area contributed by atoms with Crippen LogP contribution >= 0.6 is 15.9 Å². The average molecular weight is 241 g/mol. The standard InChI is InChI=1S/C11H13BrO/c1-7(2)9-6-13-11-8(9)4-3-5-10(11)12/h3-5,7,9H,6H2,1-2H3. The fourth-order valence-electron chi connectivity index (χ4n) is 1.78. The summed E-state index contributed by atoms with van der Waals surface area (Å²) in [5.74, 6) is 2.25. The zero-order chi connectivity index (χ0) is 9.42. The average Bonchev–Trinajstić information content (AvgIpc) is 2.48. The van der Waals surface area contributed by atoms with Gasteiger partial charge in [0.15, 0.2) is 0 Å². The molecule has 0 N–H and O–H groups in total. The Labute approximate surface area is 87.2 Å². The first-order valence-electron chi connectivity index (χ1n) is 4.61. The Balaban J connectivity index is 2.43. The maximum atomic E-state index is 5.66. The van der Waals surface area contributed by atoms with Crippen LogP contribution in [0.5, 0.6) is 5.75 Å². The Morgan fingerprint density at radius 1 is 1.46 bits per heavy atom. The van der Waals surface area contributed by atoms with Crippen LogP contribution in [0, 0.1) is 5.92 Å². The molecule has 1 unspecified atom stereocenters. The molecule has 13 heavy (non-hydrogen) atoms. The summed E-state index contributed by atoms with van der Waals surface area (Å²) in [6.45, 7) is 5.31. The molecule has 0 saturated carbocycles. The summed E-state index contributed by atoms with van der Waals surface area (Å²) in [7, 11) is 0. The van der Waals surface area contributed by atoms with E-state index in [0.717, 1.165) is 16.8 Å². The first kappa shape index (κ1) is 9.07. The minimum Gasteiger partial charge on any atom is -0.491 e. The van der Waals surface area contributed by atoms with Crippen molar-refractivity contribution in [1.29, 1.82) is 0 Å². The second-order valence-corrected chi connectivity index (χ2v) is 4.67. The highest BCUT2D eigenvalue weighted by Gasteiger charge is 2.27. The minimum atomic E-state index is 0.562. The Hall–Kier alpha value is -0.500. The van der Waals surface area contributed by atoms with Crippen LogP contribution in [0.3, 0.4) is 0 Å². The van der Waals surface area contributed by atoms with Crippen molar-refractivity contribution in [3.05, 3.63) is 28.2 Å². The van der Waals surface area contributed by atoms with Crippen molar-refractivity contribution < 1.29 is 4.74 Å². The van der Waals surface area contributed by atoms with Crippen LogP contribution in [0.15, 0.2) is 22.7 Å². The van der Waals surface area contributed by atoms with Gasteiger partial charge in [0, 0.05) is 11.5 Å². The Bertz CT molecular complexity index is 320. The lowest BCUT2D eigenvalue weighted by Crippen LogP contribution is -2.07. The molecule has 1 aromatic rings. The maximum Gasteiger partial charge on any atom is 0.137 e. The molecular weight excluding hydrogens is 228 g/mol. The van der Waals surface area contributed by atoms with E-state index in [-0.39, 0.29) is 0 Å². The van der Waals surface area contributed by atoms with Gasteiger partial charge in [0.1, 0.15) is 5.75 Å². The van der Waals surface area contributed by atoms with Crippen LogP contribution in [-0.4, -0.2) is 6.61 Å². The van der Waals surface area contributed by atoms with Gasteiger partial charge in [0.05, 0.1) is 11.1 Å². The molecule has 0 amide bonds. The maximum absolute atomic E-state index is 5.66. The molecule has 0 spiro atoms. The predicted molar refractivity (Wildman–Crippen MR) is 57.2 cm³/mol. The summed E-state index contributed by atoms with van der Waals surface area (Å²) in [4.78, 5) is 0. The molecule has 1 nitrogen and oxygen atoms in total. The van der Waals surface area contributed by atoms with E-state index in [4.69, 9.17) is 4.74 Å². The van der Waals surface area contributed by atoms with Gasteiger partial charge in [0.2, 0.25) is 0 Å². The zero-order valence-corrected chi connectivity index (χ0v) is 9.47. The van der Waals surface area contributed by atoms with Crippen LogP contribution in [0.4, 0.5) is 0 Å². The molecule has 0 radical (unpaired) electrons. The van der Waals surface area contributed by atoms with Gasteiger partial charge in [-0.3, -0.25) is 0 Å². The Morgan fingerprint density at radius 3 is 2.92 bits per heavy atom. The van der Waals surface area contributed by atoms with E-state index in [2.05, 4.69) is 41.9 Å². The third-order valence-corrected chi connectivity index (χ3v) is 3.23. The highest BCUT2D eigenvalue weighted by molar-refractivity contribution is 9.10. The van der Waals surface area contributed by atoms with Gasteiger partial charge in [-0.25, -0.2) is 0 Å². The van der Waals surface area contributed by atoms with Crippen LogP contribution in [0.25, 0.3) is 0 Å². The van der Waals surface area contributed by atoms with E-state index in [1.165, 1.54) is 5.56 Å². The first-order valence-corrected chi connectivity index (χ1v) is 5.40. The summed E-state index contributed by atoms with van der Waals surface area (Å²) in [6, 6.07) is 6.27. The van der Waals surface area contributed by atoms with Gasteiger partial charge < -0.3 is 4.74 Å². The van der Waals surface area contributed by atoms with Crippen LogP contribution < -0.4 is 4.74 Å². The summed E-state index contributed by atoms with van der Waals surface area (Å²) in [6.07, 6.45) is 0. The second-order valence-electron chi connectivity index (χ2n) is 3.82. The number of halogens is 1. The molecule has 1 aliphatic rings. The van der Waals surface area contributed by atoms with Crippen molar-refractivity contribution in [3.63, 3.8) is 0 Å². The Kier molecular flexibility index (Phi) is 2.33. The number of hydrogen-bond acceptors (Lipinski definition) is 1. The monoisotopic (exact) mass is 240 g/mol. The molecule has 1 heterocycles. The number of para-hydroxylation sites is 1. The fourth-order valence-corrected chi connectivity index (χ4v) is 2.28. The van der Waals surface area contributed by atoms with Crippen molar-refractivity contribution in [2.75, 3.05) is 6.61 Å². The van der Waals surface area contributed by atoms with Gasteiger partial charge in [-0.1, -0.05) is 26.0 Å². The predicted octanol–water partition coefficient (Wildman–Crippen LogP) is 3.58. The zero-order valence-electron chi connectivity index (χ0n) is 7.88. The second kappa shape index (κ2) is 3.33. The lowest BCUT2D eigenvalue weighted by atomic mass is 9.90. The molecule has 0 fully saturated rings. The molecule has 0 bridgehead atoms. The van der Waals surface area contributed by atoms with Gasteiger partial charge in [0.25, 0.3) is 0 Å². The minimum absolute atomic E-state index is 0.562. The lowest BCUT2D eigenvalue weighted by molar-refractivity contribution is 0.302. The van der Waals surface area contributed by atoms with Gasteiger partial charge in [-0.05, 0) is 27.9 Å². The van der Waals surface area contributed by atoms with Crippen molar-refractivity contribution in [1.82, 2.24) is 0 Å². The lowest BCUT2D eigenvalue weighted by Gasteiger charge is -2.12. The molecule has 2 rings (SSSR count). The van der Waals surface area contributed by atoms with E-state index < -0.39 is 0 Å². The molecule has 0 aliphatic carbocycles. The topological polar surface area (TPSA) is 9.23 Å². The number of benzene rings is 1. The smallest absolute Gasteiger partial charge is 0.137 e. The molecule has 2 heteroatoms. The molecular formula is C11H13BrO. The van der Waals surface area contributed by atoms with Crippen LogP contribution in [0.2, 0.25) is 0 Å². The molecule has 1 atom stereocenters. The number of hydrogen-bond donors (Lipinski definition) is 0. The van der Waals surface area contributed by atoms with Crippen LogP contribution in [0.1, 0.15) is 25.3 Å². The van der Waals surface area contributed by atoms with E-state index in [0.29, 0.717) is 11.8 Å². The largest absolute Gasteiger partial charge is 0.491 e. The molecule has 0 saturated heterocycles. The fraction of sp³-hybridized carbons (Fsp3) is 0.455. The summed E-state index contributed by atoms with van der Waals surface area (Å²) in [5.41, 5.74) is 1.35. The van der Waals surface area contributed by atoms with Gasteiger partial charge in [-0.2, -0.15) is 0 Å². The van der Waals surface area contributed by atoms with E-state index in [1.807, 2.05) is 6.07 Å². The molecule has 0 aromatic heterocycles. The summed E-state index contributed by atoms with van der Waals surface area (Å²) >= 11 is 3.50. The van der Waals surface area contributed by atoms with E-state index in [9.17, 15) is 0 Å². The van der Waals surface area contributed by atoms with Crippen molar-refractivity contribution >= 4 is 15.9 Å². The van der Waals surface area contributed by atoms with Crippen molar-refractivity contribution in [2.24, 2.45) is 5.92 Å². The SMILES string of the molecule is CC(C)C1COc2c(Br)cccc21. The number of ether oxygens (including phenoxy) is 1. The van der Waals surface area contributed by atoms with E-state index in [1.54, 1.807) is 0 Å². The summed E-state index contributed by atoms with van der Waals surface area (Å²) < 4.78 is 6.73. The number of fused-ring (bicyclic) bond motifs is 1. The van der Waals surface area contributed by atoms with Crippen molar-refractivity contribution in [2.45, 2.75) is 19.8 Å². The summed E-state index contributed by atoms with van der Waals surface area (Å²) in [5, 5.41) is 0. The van der Waals surface area contributed by atoms with Crippen LogP contribution in [-0.2, 0) is 0 Å². The Morgan fingerprint density at radius 2 is 2.23 bits per heavy atom. The normalized spacial score (nSPS) is 20.2. The number of rotatable bonds is 1. The third kappa shape index (κ3) is 1.48. The third-order valence-electron chi connectivity index (χ3n) is 2.61. The first-order chi connectivity index (χ1) is 6.20. The van der Waals surface area contributed by atoms with Gasteiger partial charge >= 0.3 is 0 Å². The highest BCUT2D eigenvalue weighted by Crippen LogP contribution is 2.42. The molecule has 1 aliphatic heterocycles. The molecule has 1 aromatic carbocycles. The quantitative estimate of drug-likeness (QED) is 0.730.